The van der Waals surface area contributed by atoms with E-state index in [-0.39, 0.29) is 16.2 Å². The molecule has 0 aromatic heterocycles. The Morgan fingerprint density at radius 1 is 1.54 bits per heavy atom. The van der Waals surface area contributed by atoms with Crippen LogP contribution in [-0.4, -0.2) is 11.1 Å². The summed E-state index contributed by atoms with van der Waals surface area (Å²) in [5.41, 5.74) is 0.0839. The summed E-state index contributed by atoms with van der Waals surface area (Å²) in [7, 11) is 0. The van der Waals surface area contributed by atoms with Crippen molar-refractivity contribution in [3.8, 4) is 0 Å². The molecule has 0 amide bonds. The number of hydrogen-bond donors (Lipinski definition) is 1. The zero-order valence-electron chi connectivity index (χ0n) is 6.55. The normalized spacial score (nSPS) is 9.69. The van der Waals surface area contributed by atoms with Crippen LogP contribution >= 0.6 is 11.6 Å². The minimum atomic E-state index is -1.17. The van der Waals surface area contributed by atoms with Crippen LogP contribution in [0.3, 0.4) is 0 Å². The van der Waals surface area contributed by atoms with E-state index in [2.05, 4.69) is 6.58 Å². The first-order valence-electron chi connectivity index (χ1n) is 3.40. The molecule has 0 radical (unpaired) electrons. The summed E-state index contributed by atoms with van der Waals surface area (Å²) in [6.45, 7) is 3.31. The van der Waals surface area contributed by atoms with Gasteiger partial charge in [-0.1, -0.05) is 18.2 Å². The highest BCUT2D eigenvalue weighted by atomic mass is 35.5. The van der Waals surface area contributed by atoms with Crippen LogP contribution in [0.5, 0.6) is 0 Å². The van der Waals surface area contributed by atoms with E-state index >= 15 is 0 Å². The smallest absolute Gasteiger partial charge is 0.335 e. The second kappa shape index (κ2) is 3.58. The summed E-state index contributed by atoms with van der Waals surface area (Å²) in [6.07, 6.45) is 0. The highest BCUT2D eigenvalue weighted by molar-refractivity contribution is 6.34. The van der Waals surface area contributed by atoms with Gasteiger partial charge in [0.25, 0.3) is 0 Å². The maximum Gasteiger partial charge on any atom is 0.335 e. The molecular formula is C9H6ClFO2. The number of carboxylic acid groups (broad SMARTS) is 1. The van der Waals surface area contributed by atoms with Crippen LogP contribution in [0.2, 0.25) is 5.02 Å². The van der Waals surface area contributed by atoms with Gasteiger partial charge in [0.1, 0.15) is 5.82 Å². The Balaban J connectivity index is 3.16. The van der Waals surface area contributed by atoms with Gasteiger partial charge in [-0.2, -0.15) is 0 Å². The lowest BCUT2D eigenvalue weighted by atomic mass is 10.1. The van der Waals surface area contributed by atoms with Gasteiger partial charge < -0.3 is 5.11 Å². The summed E-state index contributed by atoms with van der Waals surface area (Å²) in [4.78, 5) is 10.5. The molecule has 0 aliphatic rings. The van der Waals surface area contributed by atoms with E-state index in [4.69, 9.17) is 16.7 Å². The Morgan fingerprint density at radius 3 is 2.62 bits per heavy atom. The van der Waals surface area contributed by atoms with Crippen molar-refractivity contribution >= 4 is 23.1 Å². The lowest BCUT2D eigenvalue weighted by molar-refractivity contribution is -0.130. The Bertz CT molecular complexity index is 374. The monoisotopic (exact) mass is 200 g/mol. The molecule has 2 nitrogen and oxygen atoms in total. The van der Waals surface area contributed by atoms with Crippen molar-refractivity contribution in [1.29, 1.82) is 0 Å². The lowest BCUT2D eigenvalue weighted by Gasteiger charge is -2.02. The van der Waals surface area contributed by atoms with Gasteiger partial charge in [-0.3, -0.25) is 0 Å². The van der Waals surface area contributed by atoms with Gasteiger partial charge in [-0.05, 0) is 18.2 Å². The van der Waals surface area contributed by atoms with E-state index in [0.717, 1.165) is 12.1 Å². The first kappa shape index (κ1) is 9.74. The van der Waals surface area contributed by atoms with Crippen LogP contribution < -0.4 is 0 Å². The molecule has 0 saturated heterocycles. The topological polar surface area (TPSA) is 37.3 Å². The maximum atomic E-state index is 12.6. The number of hydrogen-bond acceptors (Lipinski definition) is 1. The second-order valence-corrected chi connectivity index (χ2v) is 2.82. The van der Waals surface area contributed by atoms with Gasteiger partial charge in [0.2, 0.25) is 0 Å². The zero-order valence-corrected chi connectivity index (χ0v) is 7.31. The molecular weight excluding hydrogens is 195 g/mol. The van der Waals surface area contributed by atoms with Crippen molar-refractivity contribution in [2.45, 2.75) is 0 Å². The van der Waals surface area contributed by atoms with Crippen LogP contribution in [0.15, 0.2) is 24.8 Å². The number of carboxylic acids is 1. The van der Waals surface area contributed by atoms with Crippen molar-refractivity contribution < 1.29 is 14.3 Å². The number of carbonyl (C=O) groups is 1. The number of benzene rings is 1. The molecule has 68 valence electrons. The maximum absolute atomic E-state index is 12.6. The quantitative estimate of drug-likeness (QED) is 0.745. The largest absolute Gasteiger partial charge is 0.478 e. The first-order valence-corrected chi connectivity index (χ1v) is 3.78. The van der Waals surface area contributed by atoms with Gasteiger partial charge in [0.05, 0.1) is 10.6 Å². The SMILES string of the molecule is C=C(C(=O)O)c1ccc(F)cc1Cl. The number of aliphatic carboxylic acids is 1. The predicted octanol–water partition coefficient (Wildman–Crippen LogP) is 2.58. The molecule has 0 atom stereocenters. The second-order valence-electron chi connectivity index (χ2n) is 2.41. The average molecular weight is 201 g/mol. The van der Waals surface area contributed by atoms with Crippen LogP contribution in [0.1, 0.15) is 5.56 Å². The van der Waals surface area contributed by atoms with E-state index in [1.807, 2.05) is 0 Å². The average Bonchev–Trinajstić information content (AvgIpc) is 2.03. The Morgan fingerprint density at radius 2 is 2.15 bits per heavy atom. The number of rotatable bonds is 2. The molecule has 0 unspecified atom stereocenters. The van der Waals surface area contributed by atoms with Crippen LogP contribution in [0.4, 0.5) is 4.39 Å². The van der Waals surface area contributed by atoms with Crippen molar-refractivity contribution in [2.24, 2.45) is 0 Å². The fourth-order valence-electron chi connectivity index (χ4n) is 0.849. The fourth-order valence-corrected chi connectivity index (χ4v) is 1.13. The molecule has 0 saturated carbocycles. The molecule has 0 heterocycles. The Hall–Kier alpha value is -1.35. The van der Waals surface area contributed by atoms with E-state index in [1.54, 1.807) is 0 Å². The van der Waals surface area contributed by atoms with Gasteiger partial charge in [0, 0.05) is 5.56 Å². The molecule has 0 aliphatic carbocycles. The lowest BCUT2D eigenvalue weighted by Crippen LogP contribution is -1.98. The molecule has 0 fully saturated rings. The van der Waals surface area contributed by atoms with E-state index in [0.29, 0.717) is 0 Å². The van der Waals surface area contributed by atoms with E-state index in [1.165, 1.54) is 6.07 Å². The molecule has 4 heteroatoms. The summed E-state index contributed by atoms with van der Waals surface area (Å²) in [5, 5.41) is 8.63. The molecule has 1 aromatic carbocycles. The summed E-state index contributed by atoms with van der Waals surface area (Å²) < 4.78 is 12.6. The Labute approximate surface area is 79.3 Å². The van der Waals surface area contributed by atoms with Crippen LogP contribution in [0.25, 0.3) is 5.57 Å². The van der Waals surface area contributed by atoms with Crippen molar-refractivity contribution in [2.75, 3.05) is 0 Å². The van der Waals surface area contributed by atoms with Gasteiger partial charge in [0.15, 0.2) is 0 Å². The minimum Gasteiger partial charge on any atom is -0.478 e. The molecule has 1 aromatic rings. The Kier molecular flexibility index (Phi) is 2.68. The van der Waals surface area contributed by atoms with Crippen molar-refractivity contribution in [1.82, 2.24) is 0 Å². The highest BCUT2D eigenvalue weighted by Gasteiger charge is 2.11. The molecule has 1 N–H and O–H groups in total. The van der Waals surface area contributed by atoms with Gasteiger partial charge >= 0.3 is 5.97 Å². The molecule has 0 spiro atoms. The summed E-state index contributed by atoms with van der Waals surface area (Å²) in [6, 6.07) is 3.47. The standard InChI is InChI=1S/C9H6ClFO2/c1-5(9(12)13)7-3-2-6(11)4-8(7)10/h2-4H,1H2,(H,12,13). The number of halogens is 2. The van der Waals surface area contributed by atoms with Crippen molar-refractivity contribution in [3.63, 3.8) is 0 Å². The van der Waals surface area contributed by atoms with Gasteiger partial charge in [-0.25, -0.2) is 9.18 Å². The third kappa shape index (κ3) is 2.06. The van der Waals surface area contributed by atoms with Crippen molar-refractivity contribution in [3.05, 3.63) is 41.2 Å². The zero-order chi connectivity index (χ0) is 10.0. The third-order valence-electron chi connectivity index (χ3n) is 1.51. The van der Waals surface area contributed by atoms with Crippen LogP contribution in [-0.2, 0) is 4.79 Å². The van der Waals surface area contributed by atoms with E-state index < -0.39 is 11.8 Å². The molecule has 0 bridgehead atoms. The van der Waals surface area contributed by atoms with E-state index in [9.17, 15) is 9.18 Å². The highest BCUT2D eigenvalue weighted by Crippen LogP contribution is 2.23. The molecule has 1 rings (SSSR count). The minimum absolute atomic E-state index is 0.0485. The third-order valence-corrected chi connectivity index (χ3v) is 1.83. The summed E-state index contributed by atoms with van der Waals surface area (Å²) in [5.74, 6) is -1.68. The predicted molar refractivity (Wildman–Crippen MR) is 48.1 cm³/mol. The van der Waals surface area contributed by atoms with Gasteiger partial charge in [-0.15, -0.1) is 0 Å². The summed E-state index contributed by atoms with van der Waals surface area (Å²) >= 11 is 5.60. The first-order chi connectivity index (χ1) is 6.02. The molecule has 0 aliphatic heterocycles. The fraction of sp³-hybridized carbons (Fsp3) is 0. The molecule has 13 heavy (non-hydrogen) atoms. The van der Waals surface area contributed by atoms with Crippen LogP contribution in [0, 0.1) is 5.82 Å².